The van der Waals surface area contributed by atoms with E-state index in [0.717, 1.165) is 12.8 Å². The summed E-state index contributed by atoms with van der Waals surface area (Å²) in [4.78, 5) is 4.30. The predicted octanol–water partition coefficient (Wildman–Crippen LogP) is 4.09. The number of rotatable bonds is 2. The summed E-state index contributed by atoms with van der Waals surface area (Å²) in [5.74, 6) is 0. The number of hydrogen-bond acceptors (Lipinski definition) is 2. The van der Waals surface area contributed by atoms with E-state index in [-0.39, 0.29) is 0 Å². The molecule has 1 N–H and O–H groups in total. The first-order valence-electron chi connectivity index (χ1n) is 8.03. The number of benzene rings is 1. The SMILES string of the molecule is CC1CC(n2ccc3ccncc32)CC(c2ccccc2)N1. The highest BCUT2D eigenvalue weighted by Crippen LogP contribution is 2.35. The highest BCUT2D eigenvalue weighted by molar-refractivity contribution is 5.79. The van der Waals surface area contributed by atoms with Crippen LogP contribution in [0.5, 0.6) is 0 Å². The summed E-state index contributed by atoms with van der Waals surface area (Å²) in [5.41, 5.74) is 2.63. The van der Waals surface area contributed by atoms with Gasteiger partial charge in [0.15, 0.2) is 0 Å². The summed E-state index contributed by atoms with van der Waals surface area (Å²) >= 11 is 0. The Morgan fingerprint density at radius 1 is 1.09 bits per heavy atom. The Hall–Kier alpha value is -2.13. The Morgan fingerprint density at radius 2 is 1.95 bits per heavy atom. The lowest BCUT2D eigenvalue weighted by Gasteiger charge is -2.36. The van der Waals surface area contributed by atoms with Gasteiger partial charge in [-0.05, 0) is 37.5 Å². The predicted molar refractivity (Wildman–Crippen MR) is 89.8 cm³/mol. The molecule has 1 aromatic carbocycles. The Kier molecular flexibility index (Phi) is 3.43. The fourth-order valence-corrected chi connectivity index (χ4v) is 3.71. The molecule has 3 unspecified atom stereocenters. The fourth-order valence-electron chi connectivity index (χ4n) is 3.71. The van der Waals surface area contributed by atoms with Gasteiger partial charge in [-0.15, -0.1) is 0 Å². The number of nitrogens with zero attached hydrogens (tertiary/aromatic N) is 2. The summed E-state index contributed by atoms with van der Waals surface area (Å²) in [7, 11) is 0. The van der Waals surface area contributed by atoms with E-state index in [0.29, 0.717) is 18.1 Å². The zero-order valence-corrected chi connectivity index (χ0v) is 12.8. The normalized spacial score (nSPS) is 25.4. The minimum absolute atomic E-state index is 0.420. The van der Waals surface area contributed by atoms with Gasteiger partial charge < -0.3 is 9.88 Å². The number of nitrogens with one attached hydrogen (secondary N) is 1. The van der Waals surface area contributed by atoms with Crippen molar-refractivity contribution in [2.75, 3.05) is 0 Å². The van der Waals surface area contributed by atoms with Crippen LogP contribution in [0, 0.1) is 0 Å². The molecule has 1 aliphatic heterocycles. The summed E-state index contributed by atoms with van der Waals surface area (Å²) in [6.45, 7) is 2.28. The molecule has 3 nitrogen and oxygen atoms in total. The van der Waals surface area contributed by atoms with E-state index in [9.17, 15) is 0 Å². The second-order valence-corrected chi connectivity index (χ2v) is 6.31. The van der Waals surface area contributed by atoms with Gasteiger partial charge in [-0.2, -0.15) is 0 Å². The standard InChI is InChI=1S/C19H21N3/c1-14-11-17(12-18(21-14)15-5-3-2-4-6-15)22-10-8-16-7-9-20-13-19(16)22/h2-10,13-14,17-18,21H,11-12H2,1H3. The van der Waals surface area contributed by atoms with Crippen LogP contribution in [0.4, 0.5) is 0 Å². The molecular weight excluding hydrogens is 270 g/mol. The molecular formula is C19H21N3. The van der Waals surface area contributed by atoms with Crippen LogP contribution in [0.2, 0.25) is 0 Å². The van der Waals surface area contributed by atoms with Crippen molar-refractivity contribution in [1.82, 2.24) is 14.9 Å². The van der Waals surface area contributed by atoms with Crippen LogP contribution in [0.25, 0.3) is 10.9 Å². The van der Waals surface area contributed by atoms with Crippen molar-refractivity contribution in [3.8, 4) is 0 Å². The molecule has 3 heterocycles. The second-order valence-electron chi connectivity index (χ2n) is 6.31. The van der Waals surface area contributed by atoms with Gasteiger partial charge in [0.2, 0.25) is 0 Å². The summed E-state index contributed by atoms with van der Waals surface area (Å²) in [6.07, 6.45) is 8.34. The lowest BCUT2D eigenvalue weighted by molar-refractivity contribution is 0.259. The van der Waals surface area contributed by atoms with Gasteiger partial charge in [0, 0.05) is 35.9 Å². The first-order valence-corrected chi connectivity index (χ1v) is 8.03. The monoisotopic (exact) mass is 291 g/mol. The lowest BCUT2D eigenvalue weighted by atomic mass is 9.90. The zero-order valence-electron chi connectivity index (χ0n) is 12.8. The van der Waals surface area contributed by atoms with Crippen molar-refractivity contribution >= 4 is 10.9 Å². The van der Waals surface area contributed by atoms with Crippen LogP contribution in [0.15, 0.2) is 61.1 Å². The smallest absolute Gasteiger partial charge is 0.0669 e. The van der Waals surface area contributed by atoms with Crippen LogP contribution in [0.3, 0.4) is 0 Å². The van der Waals surface area contributed by atoms with Crippen LogP contribution in [-0.4, -0.2) is 15.6 Å². The van der Waals surface area contributed by atoms with Gasteiger partial charge in [-0.3, -0.25) is 4.98 Å². The number of pyridine rings is 1. The molecule has 0 amide bonds. The third-order valence-electron chi connectivity index (χ3n) is 4.74. The Morgan fingerprint density at radius 3 is 2.82 bits per heavy atom. The van der Waals surface area contributed by atoms with Crippen molar-refractivity contribution < 1.29 is 0 Å². The van der Waals surface area contributed by atoms with E-state index in [2.05, 4.69) is 70.5 Å². The van der Waals surface area contributed by atoms with E-state index in [1.54, 1.807) is 0 Å². The highest BCUT2D eigenvalue weighted by Gasteiger charge is 2.28. The average Bonchev–Trinajstić information content (AvgIpc) is 2.99. The molecule has 1 fully saturated rings. The molecule has 0 spiro atoms. The quantitative estimate of drug-likeness (QED) is 0.770. The second kappa shape index (κ2) is 5.58. The van der Waals surface area contributed by atoms with Gasteiger partial charge in [0.1, 0.15) is 0 Å². The number of piperidine rings is 1. The van der Waals surface area contributed by atoms with Crippen LogP contribution >= 0.6 is 0 Å². The molecule has 112 valence electrons. The molecule has 3 aromatic rings. The number of fused-ring (bicyclic) bond motifs is 1. The number of aromatic nitrogens is 2. The maximum atomic E-state index is 4.30. The molecule has 3 atom stereocenters. The fraction of sp³-hybridized carbons (Fsp3) is 0.316. The van der Waals surface area contributed by atoms with Crippen molar-refractivity contribution in [2.45, 2.75) is 37.9 Å². The van der Waals surface area contributed by atoms with E-state index in [1.807, 2.05) is 12.4 Å². The van der Waals surface area contributed by atoms with Crippen molar-refractivity contribution in [3.05, 3.63) is 66.6 Å². The summed E-state index contributed by atoms with van der Waals surface area (Å²) in [6, 6.07) is 16.5. The zero-order chi connectivity index (χ0) is 14.9. The largest absolute Gasteiger partial charge is 0.343 e. The maximum Gasteiger partial charge on any atom is 0.0669 e. The minimum atomic E-state index is 0.420. The van der Waals surface area contributed by atoms with Gasteiger partial charge in [-0.1, -0.05) is 30.3 Å². The van der Waals surface area contributed by atoms with E-state index in [4.69, 9.17) is 0 Å². The van der Waals surface area contributed by atoms with Crippen molar-refractivity contribution in [3.63, 3.8) is 0 Å². The van der Waals surface area contributed by atoms with Crippen molar-refractivity contribution in [1.29, 1.82) is 0 Å². The van der Waals surface area contributed by atoms with Crippen LogP contribution < -0.4 is 5.32 Å². The molecule has 0 bridgehead atoms. The molecule has 0 saturated carbocycles. The van der Waals surface area contributed by atoms with Crippen LogP contribution in [0.1, 0.15) is 37.4 Å². The maximum absolute atomic E-state index is 4.30. The van der Waals surface area contributed by atoms with Gasteiger partial charge in [0.05, 0.1) is 11.7 Å². The highest BCUT2D eigenvalue weighted by atomic mass is 15.1. The van der Waals surface area contributed by atoms with Crippen LogP contribution in [-0.2, 0) is 0 Å². The lowest BCUT2D eigenvalue weighted by Crippen LogP contribution is -2.39. The molecule has 2 aromatic heterocycles. The van der Waals surface area contributed by atoms with E-state index < -0.39 is 0 Å². The van der Waals surface area contributed by atoms with E-state index >= 15 is 0 Å². The third-order valence-corrected chi connectivity index (χ3v) is 4.74. The summed E-state index contributed by atoms with van der Waals surface area (Å²) in [5, 5.41) is 5.02. The molecule has 22 heavy (non-hydrogen) atoms. The Bertz CT molecular complexity index is 762. The molecule has 1 saturated heterocycles. The number of hydrogen-bond donors (Lipinski definition) is 1. The first kappa shape index (κ1) is 13.5. The molecule has 1 aliphatic rings. The van der Waals surface area contributed by atoms with Gasteiger partial charge >= 0.3 is 0 Å². The molecule has 3 heteroatoms. The topological polar surface area (TPSA) is 29.9 Å². The average molecular weight is 291 g/mol. The Labute approximate surface area is 131 Å². The Balaban J connectivity index is 1.67. The van der Waals surface area contributed by atoms with Crippen molar-refractivity contribution in [2.24, 2.45) is 0 Å². The molecule has 0 aliphatic carbocycles. The van der Waals surface area contributed by atoms with Gasteiger partial charge in [0.25, 0.3) is 0 Å². The summed E-state index contributed by atoms with van der Waals surface area (Å²) < 4.78 is 2.41. The van der Waals surface area contributed by atoms with E-state index in [1.165, 1.54) is 16.5 Å². The van der Waals surface area contributed by atoms with Gasteiger partial charge in [-0.25, -0.2) is 0 Å². The molecule has 0 radical (unpaired) electrons. The third kappa shape index (κ3) is 2.42. The minimum Gasteiger partial charge on any atom is -0.343 e. The first-order chi connectivity index (χ1) is 10.8. The molecule has 4 rings (SSSR count).